The first-order valence-corrected chi connectivity index (χ1v) is 9.34. The fourth-order valence-electron chi connectivity index (χ4n) is 2.95. The first-order valence-electron chi connectivity index (χ1n) is 9.34. The molecule has 0 saturated carbocycles. The molecular weight excluding hydrogens is 380 g/mol. The number of nitrogens with zero attached hydrogens (tertiary/aromatic N) is 2. The summed E-state index contributed by atoms with van der Waals surface area (Å²) in [6.45, 7) is 0. The molecule has 0 aliphatic rings. The lowest BCUT2D eigenvalue weighted by molar-refractivity contribution is 0.447. The first kappa shape index (κ1) is 20.8. The average molecular weight is 404 g/mol. The molecule has 3 aromatic rings. The van der Waals surface area contributed by atoms with Crippen molar-refractivity contribution in [2.45, 2.75) is 0 Å². The Balaban J connectivity index is 2.18. The standard InChI is InChI=1S/C23H24N4O3/c1-26(2)17-9-5-15(6-10-17)19(16-7-11-18(12-8-16)27(3)4)13-14-20-21(28)24-23(30)25-22(20)29/h5-12,14H,1-4H3,(H3,24,25,28,29,30). The van der Waals surface area contributed by atoms with Crippen molar-refractivity contribution in [1.82, 2.24) is 9.97 Å². The third kappa shape index (κ3) is 4.54. The van der Waals surface area contributed by atoms with Crippen LogP contribution in [0, 0.1) is 0 Å². The molecule has 0 aliphatic heterocycles. The lowest BCUT2D eigenvalue weighted by Gasteiger charge is -2.15. The predicted octanol–water partition coefficient (Wildman–Crippen LogP) is 2.64. The van der Waals surface area contributed by atoms with E-state index < -0.39 is 17.1 Å². The molecule has 0 radical (unpaired) electrons. The summed E-state index contributed by atoms with van der Waals surface area (Å²) in [7, 11) is 7.88. The second kappa shape index (κ2) is 8.59. The molecule has 1 aromatic heterocycles. The van der Waals surface area contributed by atoms with Crippen molar-refractivity contribution >= 4 is 23.0 Å². The molecule has 0 amide bonds. The highest BCUT2D eigenvalue weighted by molar-refractivity contribution is 5.82. The van der Waals surface area contributed by atoms with Gasteiger partial charge in [0, 0.05) is 45.1 Å². The number of rotatable bonds is 5. The molecule has 7 heteroatoms. The molecular formula is C23H24N4O3. The van der Waals surface area contributed by atoms with Crippen LogP contribution in [0.2, 0.25) is 0 Å². The molecule has 3 rings (SSSR count). The van der Waals surface area contributed by atoms with Crippen LogP contribution in [0.3, 0.4) is 0 Å². The van der Waals surface area contributed by atoms with Gasteiger partial charge in [-0.05, 0) is 41.5 Å². The summed E-state index contributed by atoms with van der Waals surface area (Å²) in [5.74, 6) is -0.499. The third-order valence-corrected chi connectivity index (χ3v) is 4.66. The highest BCUT2D eigenvalue weighted by atomic mass is 16.3. The topological polar surface area (TPSA) is 92.4 Å². The van der Waals surface area contributed by atoms with Crippen LogP contribution in [0.5, 0.6) is 5.88 Å². The van der Waals surface area contributed by atoms with Gasteiger partial charge in [-0.2, -0.15) is 0 Å². The summed E-state index contributed by atoms with van der Waals surface area (Å²) in [4.78, 5) is 31.7. The minimum Gasteiger partial charge on any atom is -0.494 e. The minimum absolute atomic E-state index is 0.0677. The molecule has 3 N–H and O–H groups in total. The smallest absolute Gasteiger partial charge is 0.328 e. The highest BCUT2D eigenvalue weighted by Gasteiger charge is 2.08. The van der Waals surface area contributed by atoms with E-state index in [0.29, 0.717) is 0 Å². The van der Waals surface area contributed by atoms with Crippen LogP contribution in [-0.4, -0.2) is 43.3 Å². The van der Waals surface area contributed by atoms with E-state index in [4.69, 9.17) is 0 Å². The van der Waals surface area contributed by atoms with Gasteiger partial charge in [-0.1, -0.05) is 24.3 Å². The molecule has 2 aromatic carbocycles. The maximum Gasteiger partial charge on any atom is 0.328 e. The van der Waals surface area contributed by atoms with Gasteiger partial charge >= 0.3 is 5.69 Å². The second-order valence-corrected chi connectivity index (χ2v) is 7.22. The molecule has 1 heterocycles. The number of aromatic nitrogens is 2. The molecule has 0 atom stereocenters. The van der Waals surface area contributed by atoms with E-state index in [1.807, 2.05) is 86.5 Å². The van der Waals surface area contributed by atoms with Crippen LogP contribution in [0.4, 0.5) is 11.4 Å². The quantitative estimate of drug-likeness (QED) is 0.569. The van der Waals surface area contributed by atoms with Crippen LogP contribution < -0.4 is 21.0 Å². The third-order valence-electron chi connectivity index (χ3n) is 4.66. The van der Waals surface area contributed by atoms with Crippen LogP contribution in [0.1, 0.15) is 16.7 Å². The molecule has 154 valence electrons. The van der Waals surface area contributed by atoms with Crippen molar-refractivity contribution in [3.63, 3.8) is 0 Å². The molecule has 0 saturated heterocycles. The van der Waals surface area contributed by atoms with E-state index in [-0.39, 0.29) is 5.56 Å². The van der Waals surface area contributed by atoms with E-state index in [1.165, 1.54) is 6.08 Å². The maximum absolute atomic E-state index is 12.1. The van der Waals surface area contributed by atoms with Gasteiger partial charge in [-0.15, -0.1) is 5.73 Å². The summed E-state index contributed by atoms with van der Waals surface area (Å²) in [6.07, 6.45) is 1.37. The Kier molecular flexibility index (Phi) is 5.95. The number of nitrogens with one attached hydrogen (secondary N) is 2. The lowest BCUT2D eigenvalue weighted by atomic mass is 9.97. The van der Waals surface area contributed by atoms with Crippen molar-refractivity contribution in [2.75, 3.05) is 38.0 Å². The molecule has 30 heavy (non-hydrogen) atoms. The summed E-state index contributed by atoms with van der Waals surface area (Å²) in [5, 5.41) is 9.95. The van der Waals surface area contributed by atoms with Gasteiger partial charge in [-0.3, -0.25) is 14.8 Å². The van der Waals surface area contributed by atoms with E-state index >= 15 is 0 Å². The summed E-state index contributed by atoms with van der Waals surface area (Å²) < 4.78 is 0. The van der Waals surface area contributed by atoms with Gasteiger partial charge in [-0.25, -0.2) is 4.79 Å². The Hall–Kier alpha value is -3.96. The van der Waals surface area contributed by atoms with Gasteiger partial charge < -0.3 is 14.9 Å². The van der Waals surface area contributed by atoms with Crippen molar-refractivity contribution in [3.05, 3.63) is 91.8 Å². The number of H-pyrrole nitrogens is 2. The number of hydrogen-bond donors (Lipinski definition) is 3. The number of benzene rings is 2. The average Bonchev–Trinajstić information content (AvgIpc) is 2.70. The number of anilines is 2. The van der Waals surface area contributed by atoms with Crippen LogP contribution >= 0.6 is 0 Å². The van der Waals surface area contributed by atoms with Crippen molar-refractivity contribution in [2.24, 2.45) is 0 Å². The Morgan fingerprint density at radius 3 is 1.70 bits per heavy atom. The zero-order valence-corrected chi connectivity index (χ0v) is 17.4. The van der Waals surface area contributed by atoms with E-state index in [9.17, 15) is 14.7 Å². The molecule has 0 spiro atoms. The molecule has 0 aliphatic carbocycles. The van der Waals surface area contributed by atoms with Crippen LogP contribution in [0.15, 0.2) is 63.9 Å². The Labute approximate surface area is 174 Å². The zero-order chi connectivity index (χ0) is 21.8. The molecule has 7 nitrogen and oxygen atoms in total. The Morgan fingerprint density at radius 1 is 0.833 bits per heavy atom. The van der Waals surface area contributed by atoms with Gasteiger partial charge in [0.15, 0.2) is 0 Å². The molecule has 0 fully saturated rings. The summed E-state index contributed by atoms with van der Waals surface area (Å²) in [5.41, 5.74) is 6.26. The molecule has 0 unspecified atom stereocenters. The predicted molar refractivity (Wildman–Crippen MR) is 121 cm³/mol. The Morgan fingerprint density at radius 2 is 1.30 bits per heavy atom. The minimum atomic E-state index is -0.766. The van der Waals surface area contributed by atoms with Crippen molar-refractivity contribution in [1.29, 1.82) is 0 Å². The largest absolute Gasteiger partial charge is 0.494 e. The SMILES string of the molecule is CN(C)c1ccc(C(=C=Cc2c(O)[nH]c(=O)[nH]c2=O)c2ccc(N(C)C)cc2)cc1. The number of hydrogen-bond acceptors (Lipinski definition) is 5. The first-order chi connectivity index (χ1) is 14.3. The van der Waals surface area contributed by atoms with Gasteiger partial charge in [0.2, 0.25) is 5.88 Å². The normalized spacial score (nSPS) is 10.3. The van der Waals surface area contributed by atoms with E-state index in [1.54, 1.807) is 0 Å². The summed E-state index contributed by atoms with van der Waals surface area (Å²) >= 11 is 0. The van der Waals surface area contributed by atoms with E-state index in [0.717, 1.165) is 28.1 Å². The van der Waals surface area contributed by atoms with Crippen LogP contribution in [-0.2, 0) is 0 Å². The fraction of sp³-hybridized carbons (Fsp3) is 0.174. The fourth-order valence-corrected chi connectivity index (χ4v) is 2.95. The number of aromatic amines is 2. The monoisotopic (exact) mass is 404 g/mol. The Bertz CT molecular complexity index is 1160. The lowest BCUT2D eigenvalue weighted by Crippen LogP contribution is -2.23. The van der Waals surface area contributed by atoms with Gasteiger partial charge in [0.1, 0.15) is 5.56 Å². The summed E-state index contributed by atoms with van der Waals surface area (Å²) in [6, 6.07) is 15.9. The van der Waals surface area contributed by atoms with Crippen molar-refractivity contribution in [3.8, 4) is 5.88 Å². The second-order valence-electron chi connectivity index (χ2n) is 7.22. The molecule has 0 bridgehead atoms. The highest BCUT2D eigenvalue weighted by Crippen LogP contribution is 2.26. The van der Waals surface area contributed by atoms with Gasteiger partial charge in [0.25, 0.3) is 5.56 Å². The van der Waals surface area contributed by atoms with Crippen LogP contribution in [0.25, 0.3) is 11.6 Å². The van der Waals surface area contributed by atoms with Crippen molar-refractivity contribution < 1.29 is 5.11 Å². The zero-order valence-electron chi connectivity index (χ0n) is 17.4. The van der Waals surface area contributed by atoms with Gasteiger partial charge in [0.05, 0.1) is 0 Å². The maximum atomic E-state index is 12.1. The number of aromatic hydroxyl groups is 1. The van der Waals surface area contributed by atoms with E-state index in [2.05, 4.69) is 15.7 Å².